The molecule has 51 heavy (non-hydrogen) atoms. The van der Waals surface area contributed by atoms with Gasteiger partial charge in [-0.25, -0.2) is 0 Å². The Morgan fingerprint density at radius 2 is 1.22 bits per heavy atom. The lowest BCUT2D eigenvalue weighted by molar-refractivity contribution is 0.425. The fourth-order valence-electron chi connectivity index (χ4n) is 8.99. The van der Waals surface area contributed by atoms with E-state index in [2.05, 4.69) is 191 Å². The van der Waals surface area contributed by atoms with Gasteiger partial charge in [-0.15, -0.1) is 0 Å². The van der Waals surface area contributed by atoms with Crippen LogP contribution in [0.15, 0.2) is 176 Å². The van der Waals surface area contributed by atoms with Crippen molar-refractivity contribution in [3.63, 3.8) is 0 Å². The number of ether oxygens (including phenoxy) is 1. The van der Waals surface area contributed by atoms with E-state index in [9.17, 15) is 0 Å². The first-order valence-corrected chi connectivity index (χ1v) is 17.7. The van der Waals surface area contributed by atoms with E-state index in [1.54, 1.807) is 0 Å². The second kappa shape index (κ2) is 10.8. The predicted octanol–water partition coefficient (Wildman–Crippen LogP) is 10.6. The van der Waals surface area contributed by atoms with Crippen molar-refractivity contribution in [2.45, 2.75) is 17.6 Å². The molecule has 4 nitrogen and oxygen atoms in total. The highest BCUT2D eigenvalue weighted by Crippen LogP contribution is 2.60. The maximum absolute atomic E-state index is 6.95. The van der Waals surface area contributed by atoms with E-state index in [0.717, 1.165) is 39.4 Å². The van der Waals surface area contributed by atoms with Crippen LogP contribution >= 0.6 is 0 Å². The number of benzene rings is 7. The largest absolute Gasteiger partial charge is 0.457 e. The van der Waals surface area contributed by atoms with Crippen LogP contribution in [0.5, 0.6) is 11.5 Å². The number of aromatic nitrogens is 1. The smallest absolute Gasteiger partial charge is 0.132 e. The van der Waals surface area contributed by atoms with Gasteiger partial charge in [0.05, 0.1) is 28.2 Å². The highest BCUT2D eigenvalue weighted by Gasteiger charge is 2.50. The van der Waals surface area contributed by atoms with E-state index in [4.69, 9.17) is 4.74 Å². The summed E-state index contributed by atoms with van der Waals surface area (Å²) in [6.07, 6.45) is 2.24. The second-order valence-corrected chi connectivity index (χ2v) is 13.8. The lowest BCUT2D eigenvalue weighted by atomic mass is 9.61. The monoisotopic (exact) mass is 655 g/mol. The van der Waals surface area contributed by atoms with Gasteiger partial charge in [-0.05, 0) is 58.2 Å². The van der Waals surface area contributed by atoms with Gasteiger partial charge in [0.15, 0.2) is 0 Å². The third kappa shape index (κ3) is 3.99. The van der Waals surface area contributed by atoms with Crippen LogP contribution in [0.1, 0.15) is 51.2 Å². The van der Waals surface area contributed by atoms with E-state index < -0.39 is 5.41 Å². The van der Waals surface area contributed by atoms with Gasteiger partial charge in [-0.3, -0.25) is 5.32 Å². The first-order chi connectivity index (χ1) is 25.3. The molecule has 0 aliphatic carbocycles. The van der Waals surface area contributed by atoms with E-state index in [1.807, 2.05) is 0 Å². The molecule has 242 valence electrons. The molecule has 3 atom stereocenters. The van der Waals surface area contributed by atoms with Crippen LogP contribution in [0, 0.1) is 0 Å². The third-order valence-corrected chi connectivity index (χ3v) is 11.1. The zero-order valence-corrected chi connectivity index (χ0v) is 27.8. The molecule has 8 aromatic rings. The summed E-state index contributed by atoms with van der Waals surface area (Å²) in [5, 5.41) is 10.2. The topological polar surface area (TPSA) is 38.2 Å². The zero-order valence-electron chi connectivity index (χ0n) is 27.8. The van der Waals surface area contributed by atoms with Gasteiger partial charge in [-0.2, -0.15) is 0 Å². The quantitative estimate of drug-likeness (QED) is 0.199. The molecule has 1 aromatic heterocycles. The first-order valence-electron chi connectivity index (χ1n) is 17.7. The summed E-state index contributed by atoms with van der Waals surface area (Å²) in [7, 11) is 0. The summed E-state index contributed by atoms with van der Waals surface area (Å²) in [4.78, 5) is 0. The van der Waals surface area contributed by atoms with Gasteiger partial charge in [-0.1, -0.05) is 146 Å². The maximum Gasteiger partial charge on any atom is 0.132 e. The van der Waals surface area contributed by atoms with Crippen LogP contribution in [0.2, 0.25) is 0 Å². The normalized spacial score (nSPS) is 19.8. The standard InChI is InChI=1S/C47H33N3O/c1-3-14-30(15-4-1)39-29-40(49-46(48-39)31-16-5-2-6-17-31)32-26-27-37-44(28-32)51-43-25-12-9-21-36(43)47(37)35-20-8-11-24-42(35)50-41-23-10-7-18-33(41)34-19-13-22-38(47)45(34)50/h1-29,40,46,48-49H. The predicted molar refractivity (Wildman–Crippen MR) is 205 cm³/mol. The first kappa shape index (κ1) is 28.5. The van der Waals surface area contributed by atoms with Gasteiger partial charge in [0.25, 0.3) is 0 Å². The molecule has 4 heteroatoms. The average Bonchev–Trinajstić information content (AvgIpc) is 3.55. The summed E-state index contributed by atoms with van der Waals surface area (Å²) >= 11 is 0. The van der Waals surface area contributed by atoms with Gasteiger partial charge in [0.2, 0.25) is 0 Å². The average molecular weight is 656 g/mol. The van der Waals surface area contributed by atoms with Crippen LogP contribution in [0.4, 0.5) is 0 Å². The Bertz CT molecular complexity index is 2690. The van der Waals surface area contributed by atoms with Crippen LogP contribution in [-0.2, 0) is 5.41 Å². The molecule has 4 heterocycles. The molecule has 11 rings (SSSR count). The number of hydrogen-bond acceptors (Lipinski definition) is 3. The van der Waals surface area contributed by atoms with E-state index in [0.29, 0.717) is 0 Å². The van der Waals surface area contributed by atoms with Crippen molar-refractivity contribution in [3.8, 4) is 17.2 Å². The molecule has 7 aromatic carbocycles. The molecule has 3 aliphatic heterocycles. The molecular formula is C47H33N3O. The second-order valence-electron chi connectivity index (χ2n) is 13.8. The van der Waals surface area contributed by atoms with E-state index in [1.165, 1.54) is 44.2 Å². The minimum absolute atomic E-state index is 0.0571. The molecule has 1 spiro atoms. The Balaban J connectivity index is 1.15. The van der Waals surface area contributed by atoms with Crippen molar-refractivity contribution < 1.29 is 4.74 Å². The maximum atomic E-state index is 6.95. The minimum atomic E-state index is -0.581. The van der Waals surface area contributed by atoms with Crippen LogP contribution in [0.25, 0.3) is 33.2 Å². The summed E-state index contributed by atoms with van der Waals surface area (Å²) in [6, 6.07) is 61.2. The highest BCUT2D eigenvalue weighted by atomic mass is 16.5. The molecule has 0 fully saturated rings. The highest BCUT2D eigenvalue weighted by molar-refractivity contribution is 6.12. The fourth-order valence-corrected chi connectivity index (χ4v) is 8.99. The van der Waals surface area contributed by atoms with Gasteiger partial charge in [0, 0.05) is 27.6 Å². The van der Waals surface area contributed by atoms with Crippen molar-refractivity contribution >= 4 is 27.5 Å². The number of nitrogens with zero attached hydrogens (tertiary/aromatic N) is 1. The number of fused-ring (bicyclic) bond motifs is 11. The molecule has 0 amide bonds. The summed E-state index contributed by atoms with van der Waals surface area (Å²) < 4.78 is 9.42. The Kier molecular flexibility index (Phi) is 6.04. The van der Waals surface area contributed by atoms with E-state index in [-0.39, 0.29) is 12.2 Å². The summed E-state index contributed by atoms with van der Waals surface area (Å²) in [5.41, 5.74) is 12.6. The Hall–Kier alpha value is -6.36. The summed E-state index contributed by atoms with van der Waals surface area (Å²) in [6.45, 7) is 0. The molecule has 2 N–H and O–H groups in total. The lowest BCUT2D eigenvalue weighted by Crippen LogP contribution is -2.40. The number of rotatable bonds is 3. The van der Waals surface area contributed by atoms with Crippen molar-refractivity contribution in [2.24, 2.45) is 0 Å². The Morgan fingerprint density at radius 3 is 2.10 bits per heavy atom. The van der Waals surface area contributed by atoms with Crippen molar-refractivity contribution in [1.29, 1.82) is 0 Å². The van der Waals surface area contributed by atoms with Gasteiger partial charge >= 0.3 is 0 Å². The molecule has 0 saturated carbocycles. The third-order valence-electron chi connectivity index (χ3n) is 11.1. The van der Waals surface area contributed by atoms with Crippen LogP contribution in [-0.4, -0.2) is 4.57 Å². The van der Waals surface area contributed by atoms with Crippen molar-refractivity contribution in [2.75, 3.05) is 0 Å². The fraction of sp³-hybridized carbons (Fsp3) is 0.0638. The van der Waals surface area contributed by atoms with Crippen LogP contribution < -0.4 is 15.4 Å². The number of hydrogen-bond donors (Lipinski definition) is 2. The number of nitrogens with one attached hydrogen (secondary N) is 2. The molecule has 0 bridgehead atoms. The molecule has 3 aliphatic rings. The lowest BCUT2D eigenvalue weighted by Gasteiger charge is -2.45. The zero-order chi connectivity index (χ0) is 33.5. The number of para-hydroxylation sites is 4. The van der Waals surface area contributed by atoms with Gasteiger partial charge < -0.3 is 14.6 Å². The van der Waals surface area contributed by atoms with E-state index >= 15 is 0 Å². The molecule has 3 unspecified atom stereocenters. The van der Waals surface area contributed by atoms with Crippen molar-refractivity contribution in [1.82, 2.24) is 15.2 Å². The van der Waals surface area contributed by atoms with Gasteiger partial charge in [0.1, 0.15) is 17.7 Å². The molecular weight excluding hydrogens is 623 g/mol. The molecule has 0 radical (unpaired) electrons. The Labute approximate surface area is 296 Å². The summed E-state index contributed by atoms with van der Waals surface area (Å²) in [5.74, 6) is 1.77. The SMILES string of the molecule is C1=C(c2ccccc2)NC(c2ccccc2)NC1c1ccc2c(c1)Oc1ccccc1C21c2ccccc2-n2c3ccccc3c3cccc1c32. The van der Waals surface area contributed by atoms with Crippen molar-refractivity contribution in [3.05, 3.63) is 215 Å². The van der Waals surface area contributed by atoms with Crippen LogP contribution in [0.3, 0.4) is 0 Å². The Morgan fingerprint density at radius 1 is 0.529 bits per heavy atom. The molecule has 0 saturated heterocycles. The minimum Gasteiger partial charge on any atom is -0.457 e.